The summed E-state index contributed by atoms with van der Waals surface area (Å²) in [7, 11) is 0. The number of pyridine rings is 1. The molecule has 1 N–H and O–H groups in total. The third-order valence-electron chi connectivity index (χ3n) is 4.42. The number of morpholine rings is 1. The van der Waals surface area contributed by atoms with Gasteiger partial charge in [0.2, 0.25) is 0 Å². The van der Waals surface area contributed by atoms with Gasteiger partial charge < -0.3 is 4.74 Å². The van der Waals surface area contributed by atoms with Crippen molar-refractivity contribution in [2.75, 3.05) is 26.3 Å². The first-order valence-electron chi connectivity index (χ1n) is 8.57. The van der Waals surface area contributed by atoms with E-state index in [2.05, 4.69) is 38.3 Å². The fraction of sp³-hybridized carbons (Fsp3) is 0.316. The van der Waals surface area contributed by atoms with Crippen molar-refractivity contribution in [2.24, 2.45) is 0 Å². The standard InChI is InChI=1S/C19H21N5O/c1-2-5-15(6-3-1)13-17-21-19(23-22-17)18(16-7-4-8-20-14-16)24-9-11-25-12-10-24/h1-8,14,18H,9-13H2,(H,21,22,23). The zero-order valence-electron chi connectivity index (χ0n) is 14.0. The topological polar surface area (TPSA) is 66.9 Å². The molecule has 0 saturated carbocycles. The highest BCUT2D eigenvalue weighted by molar-refractivity contribution is 5.23. The van der Waals surface area contributed by atoms with Crippen LogP contribution in [0.4, 0.5) is 0 Å². The minimum absolute atomic E-state index is 0.00151. The molecule has 3 heterocycles. The first kappa shape index (κ1) is 15.9. The Morgan fingerprint density at radius 3 is 2.68 bits per heavy atom. The van der Waals surface area contributed by atoms with Gasteiger partial charge >= 0.3 is 0 Å². The predicted molar refractivity (Wildman–Crippen MR) is 94.1 cm³/mol. The van der Waals surface area contributed by atoms with Crippen LogP contribution in [0.5, 0.6) is 0 Å². The molecule has 0 amide bonds. The molecular formula is C19H21N5O. The maximum absolute atomic E-state index is 5.50. The van der Waals surface area contributed by atoms with Crippen LogP contribution in [-0.4, -0.2) is 51.4 Å². The lowest BCUT2D eigenvalue weighted by Gasteiger charge is -2.32. The van der Waals surface area contributed by atoms with Crippen molar-refractivity contribution in [3.63, 3.8) is 0 Å². The van der Waals surface area contributed by atoms with Crippen molar-refractivity contribution >= 4 is 0 Å². The van der Waals surface area contributed by atoms with Crippen molar-refractivity contribution in [1.82, 2.24) is 25.1 Å². The molecule has 3 aromatic rings. The van der Waals surface area contributed by atoms with E-state index in [-0.39, 0.29) is 6.04 Å². The molecule has 0 aliphatic carbocycles. The predicted octanol–water partition coefficient (Wildman–Crippen LogP) is 2.21. The Morgan fingerprint density at radius 1 is 1.08 bits per heavy atom. The van der Waals surface area contributed by atoms with Crippen LogP contribution >= 0.6 is 0 Å². The van der Waals surface area contributed by atoms with Crippen molar-refractivity contribution in [3.05, 3.63) is 77.6 Å². The van der Waals surface area contributed by atoms with E-state index in [0.29, 0.717) is 0 Å². The van der Waals surface area contributed by atoms with Gasteiger partial charge in [-0.3, -0.25) is 15.0 Å². The highest BCUT2D eigenvalue weighted by Gasteiger charge is 2.27. The second kappa shape index (κ2) is 7.55. The van der Waals surface area contributed by atoms with Crippen molar-refractivity contribution < 1.29 is 4.74 Å². The molecule has 0 radical (unpaired) electrons. The van der Waals surface area contributed by atoms with E-state index < -0.39 is 0 Å². The summed E-state index contributed by atoms with van der Waals surface area (Å²) < 4.78 is 5.50. The summed E-state index contributed by atoms with van der Waals surface area (Å²) >= 11 is 0. The van der Waals surface area contributed by atoms with E-state index in [9.17, 15) is 0 Å². The quantitative estimate of drug-likeness (QED) is 0.774. The second-order valence-electron chi connectivity index (χ2n) is 6.14. The molecule has 6 heteroatoms. The summed E-state index contributed by atoms with van der Waals surface area (Å²) in [6, 6.07) is 14.3. The normalized spacial score (nSPS) is 16.6. The van der Waals surface area contributed by atoms with Gasteiger partial charge in [-0.2, -0.15) is 5.10 Å². The first-order chi connectivity index (χ1) is 12.4. The number of nitrogens with one attached hydrogen (secondary N) is 1. The van der Waals surface area contributed by atoms with Crippen LogP contribution in [0.3, 0.4) is 0 Å². The summed E-state index contributed by atoms with van der Waals surface area (Å²) in [5.41, 5.74) is 2.32. The Labute approximate surface area is 146 Å². The average Bonchev–Trinajstić information content (AvgIpc) is 3.12. The maximum Gasteiger partial charge on any atom is 0.172 e. The van der Waals surface area contributed by atoms with Gasteiger partial charge in [0.25, 0.3) is 0 Å². The van der Waals surface area contributed by atoms with E-state index in [4.69, 9.17) is 9.72 Å². The molecule has 0 bridgehead atoms. The Bertz CT molecular complexity index is 784. The number of rotatable bonds is 5. The molecule has 2 aromatic heterocycles. The smallest absolute Gasteiger partial charge is 0.172 e. The van der Waals surface area contributed by atoms with Crippen LogP contribution in [0.25, 0.3) is 0 Å². The lowest BCUT2D eigenvalue weighted by Crippen LogP contribution is -2.40. The van der Waals surface area contributed by atoms with Gasteiger partial charge in [-0.05, 0) is 17.2 Å². The van der Waals surface area contributed by atoms with Crippen LogP contribution in [-0.2, 0) is 11.2 Å². The molecule has 0 spiro atoms. The van der Waals surface area contributed by atoms with Gasteiger partial charge in [-0.1, -0.05) is 36.4 Å². The molecule has 1 fully saturated rings. The van der Waals surface area contributed by atoms with Gasteiger partial charge in [0.05, 0.1) is 19.3 Å². The van der Waals surface area contributed by atoms with Crippen molar-refractivity contribution in [3.8, 4) is 0 Å². The number of aromatic nitrogens is 4. The SMILES string of the molecule is c1ccc(Cc2nc(C(c3cccnc3)N3CCOCC3)n[nH]2)cc1. The molecule has 1 saturated heterocycles. The molecular weight excluding hydrogens is 314 g/mol. The van der Waals surface area contributed by atoms with E-state index in [1.165, 1.54) is 5.56 Å². The average molecular weight is 335 g/mol. The molecule has 1 atom stereocenters. The van der Waals surface area contributed by atoms with Gasteiger partial charge in [0, 0.05) is 31.9 Å². The minimum Gasteiger partial charge on any atom is -0.379 e. The van der Waals surface area contributed by atoms with Crippen LogP contribution in [0.2, 0.25) is 0 Å². The second-order valence-corrected chi connectivity index (χ2v) is 6.14. The van der Waals surface area contributed by atoms with E-state index in [1.54, 1.807) is 6.20 Å². The largest absolute Gasteiger partial charge is 0.379 e. The third-order valence-corrected chi connectivity index (χ3v) is 4.42. The summed E-state index contributed by atoms with van der Waals surface area (Å²) in [5.74, 6) is 1.67. The maximum atomic E-state index is 5.50. The number of ether oxygens (including phenoxy) is 1. The molecule has 1 unspecified atom stereocenters. The van der Waals surface area contributed by atoms with Crippen molar-refractivity contribution in [1.29, 1.82) is 0 Å². The Balaban J connectivity index is 1.61. The van der Waals surface area contributed by atoms with Crippen LogP contribution in [0.1, 0.15) is 28.8 Å². The Kier molecular flexibility index (Phi) is 4.81. The summed E-state index contributed by atoms with van der Waals surface area (Å²) in [4.78, 5) is 11.4. The lowest BCUT2D eigenvalue weighted by molar-refractivity contribution is 0.0224. The highest BCUT2D eigenvalue weighted by atomic mass is 16.5. The monoisotopic (exact) mass is 335 g/mol. The number of H-pyrrole nitrogens is 1. The molecule has 1 aliphatic heterocycles. The molecule has 4 rings (SSSR count). The van der Waals surface area contributed by atoms with Gasteiger partial charge in [0.1, 0.15) is 5.82 Å². The van der Waals surface area contributed by atoms with Crippen LogP contribution in [0.15, 0.2) is 54.9 Å². The number of hydrogen-bond donors (Lipinski definition) is 1. The van der Waals surface area contributed by atoms with E-state index in [0.717, 1.165) is 49.9 Å². The summed E-state index contributed by atoms with van der Waals surface area (Å²) in [5, 5.41) is 7.62. The van der Waals surface area contributed by atoms with E-state index in [1.807, 2.05) is 30.5 Å². The zero-order chi connectivity index (χ0) is 16.9. The van der Waals surface area contributed by atoms with E-state index >= 15 is 0 Å². The van der Waals surface area contributed by atoms with Gasteiger partial charge in [-0.25, -0.2) is 4.98 Å². The zero-order valence-corrected chi connectivity index (χ0v) is 14.0. The van der Waals surface area contributed by atoms with Crippen LogP contribution < -0.4 is 0 Å². The molecule has 1 aromatic carbocycles. The highest BCUT2D eigenvalue weighted by Crippen LogP contribution is 2.26. The first-order valence-corrected chi connectivity index (χ1v) is 8.57. The fourth-order valence-electron chi connectivity index (χ4n) is 3.20. The molecule has 6 nitrogen and oxygen atoms in total. The van der Waals surface area contributed by atoms with Crippen molar-refractivity contribution in [2.45, 2.75) is 12.5 Å². The fourth-order valence-corrected chi connectivity index (χ4v) is 3.20. The van der Waals surface area contributed by atoms with Gasteiger partial charge in [0.15, 0.2) is 5.82 Å². The third kappa shape index (κ3) is 3.75. The number of hydrogen-bond acceptors (Lipinski definition) is 5. The number of aromatic amines is 1. The molecule has 1 aliphatic rings. The Hall–Kier alpha value is -2.57. The summed E-state index contributed by atoms with van der Waals surface area (Å²) in [6.45, 7) is 3.19. The lowest BCUT2D eigenvalue weighted by atomic mass is 10.1. The van der Waals surface area contributed by atoms with Crippen LogP contribution in [0, 0.1) is 0 Å². The number of benzene rings is 1. The number of nitrogens with zero attached hydrogens (tertiary/aromatic N) is 4. The van der Waals surface area contributed by atoms with Gasteiger partial charge in [-0.15, -0.1) is 0 Å². The summed E-state index contributed by atoms with van der Waals surface area (Å²) in [6.07, 6.45) is 4.43. The Morgan fingerprint density at radius 2 is 1.92 bits per heavy atom. The molecule has 25 heavy (non-hydrogen) atoms. The minimum atomic E-state index is -0.00151. The molecule has 128 valence electrons.